The molecule has 27 heteroatoms. The lowest BCUT2D eigenvalue weighted by Gasteiger charge is -2.40. The van der Waals surface area contributed by atoms with Crippen molar-refractivity contribution in [1.82, 2.24) is 0 Å². The zero-order valence-electron chi connectivity index (χ0n) is 69.0. The first-order valence-corrected chi connectivity index (χ1v) is 37.2. The lowest BCUT2D eigenvalue weighted by Crippen LogP contribution is -2.77. The van der Waals surface area contributed by atoms with E-state index in [1.165, 1.54) is 21.3 Å². The molecule has 0 aliphatic heterocycles. The van der Waals surface area contributed by atoms with Crippen molar-refractivity contribution in [2.45, 2.75) is 90.0 Å². The number of fused-ring (bicyclic) bond motifs is 6. The molecule has 0 aliphatic rings. The smallest absolute Gasteiger partial charge is 0.113 e. The molecule has 0 nitrogen and oxygen atoms in total. The van der Waals surface area contributed by atoms with Gasteiger partial charge in [0.15, 0.2) is 0 Å². The van der Waals surface area contributed by atoms with E-state index in [9.17, 15) is 0 Å². The summed E-state index contributed by atoms with van der Waals surface area (Å²) >= 11 is 0. The Balaban J connectivity index is 2.16. The van der Waals surface area contributed by atoms with Crippen LogP contribution < -0.4 is 32.8 Å². The molecule has 8 aromatic carbocycles. The molecule has 0 aliphatic carbocycles. The lowest BCUT2D eigenvalue weighted by molar-refractivity contribution is 1.24. The van der Waals surface area contributed by atoms with Gasteiger partial charge in [-0.15, -0.1) is 54.4 Å². The van der Waals surface area contributed by atoms with Crippen LogP contribution in [0.25, 0.3) is 76.1 Å². The second-order valence-electron chi connectivity index (χ2n) is 27.6. The molecule has 0 bridgehead atoms. The third-order valence-electron chi connectivity index (χ3n) is 21.4. The van der Waals surface area contributed by atoms with Crippen molar-refractivity contribution in [2.75, 3.05) is 0 Å². The highest BCUT2D eigenvalue weighted by atomic mass is 14.4. The molecule has 8 aromatic rings. The maximum Gasteiger partial charge on any atom is 0.113 e. The number of hydrogen-bond donors (Lipinski definition) is 0. The molecule has 0 amide bonds. The van der Waals surface area contributed by atoms with Crippen LogP contribution in [0.4, 0.5) is 0 Å². The van der Waals surface area contributed by atoms with Crippen molar-refractivity contribution >= 4 is 282 Å². The van der Waals surface area contributed by atoms with Gasteiger partial charge in [0.25, 0.3) is 0 Å². The number of aryl methyl sites for hydroxylation is 6. The predicted molar refractivity (Wildman–Crippen MR) is 544 cm³/mol. The van der Waals surface area contributed by atoms with Crippen LogP contribution in [0, 0.1) is 320 Å². The van der Waals surface area contributed by atoms with Gasteiger partial charge >= 0.3 is 0 Å². The topological polar surface area (TPSA) is 0 Å². The first-order valence-electron chi connectivity index (χ1n) is 37.2. The minimum Gasteiger partial charge on any atom is -0.115 e. The normalized spacial score (nSPS) is 9.10. The van der Waals surface area contributed by atoms with Crippen molar-refractivity contribution in [2.24, 2.45) is 0 Å². The average Bonchev–Trinajstić information content (AvgIpc) is 0.673. The highest BCUT2D eigenvalue weighted by Gasteiger charge is 2.42. The van der Waals surface area contributed by atoms with Crippen molar-refractivity contribution in [3.05, 3.63) is 100 Å². The molecule has 120 heavy (non-hydrogen) atoms. The zero-order chi connectivity index (χ0) is 88.4. The minimum absolute atomic E-state index is 0.0420. The molecule has 0 unspecified atom stereocenters. The van der Waals surface area contributed by atoms with Gasteiger partial charge in [-0.05, 0) is 343 Å². The van der Waals surface area contributed by atoms with Gasteiger partial charge in [-0.1, -0.05) is 81.2 Å². The molecular formula is C93H44B27. The molecule has 0 heterocycles. The number of hydrogen-bond acceptors (Lipinski definition) is 0. The van der Waals surface area contributed by atoms with E-state index in [4.69, 9.17) is 148 Å². The second kappa shape index (κ2) is 41.8. The Hall–Kier alpha value is -12.4. The van der Waals surface area contributed by atoms with Gasteiger partial charge < -0.3 is 0 Å². The van der Waals surface area contributed by atoms with Crippen molar-refractivity contribution in [3.63, 3.8) is 0 Å². The largest absolute Gasteiger partial charge is 0.115 e. The molecule has 0 spiro atoms. The van der Waals surface area contributed by atoms with Crippen LogP contribution in [0.15, 0.2) is 0 Å². The summed E-state index contributed by atoms with van der Waals surface area (Å²) in [5.74, 6) is 108. The summed E-state index contributed by atoms with van der Waals surface area (Å²) in [5, 5.41) is 4.66. The van der Waals surface area contributed by atoms with Gasteiger partial charge in [-0.3, -0.25) is 0 Å². The Kier molecular flexibility index (Phi) is 32.4. The molecule has 0 N–H and O–H groups in total. The fraction of sp³-hybridized carbons (Fsp3) is 0.140. The van der Waals surface area contributed by atoms with Crippen molar-refractivity contribution in [3.8, 4) is 273 Å². The van der Waals surface area contributed by atoms with Crippen LogP contribution >= 0.6 is 0 Å². The van der Waals surface area contributed by atoms with Gasteiger partial charge in [-0.2, -0.15) is 0 Å². The Morgan fingerprint density at radius 3 is 1.02 bits per heavy atom. The van der Waals surface area contributed by atoms with E-state index in [-0.39, 0.29) is 55.1 Å². The Labute approximate surface area is 739 Å². The predicted octanol–water partition coefficient (Wildman–Crippen LogP) is -0.298. The first-order chi connectivity index (χ1) is 57.5. The van der Waals surface area contributed by atoms with Crippen LogP contribution in [0.5, 0.6) is 0 Å². The number of benzene rings is 8. The standard InChI is InChI=1S/C93H44B27/c1-19-27-33-37-39-40-43-48-55-73-74-64(17)66(26-8)67(49-25-7)70(50-32-24-6)80(74)81-71(53-44-31-23-5)68(51-45-36-30-22-4)69(52-46-41-35-29-21-3)72(54-47-42-38-34-28-20-2)82(81)83(73)84-75-60(13)56(9)58(11)62(15)77(75)85(78-63(16)59(12)57(10)61(14)76(78)84)86-79-65(18)90(113(110-96)116(100)101)93(114(117(102)103)118(104)105)92(115(119(106)107)120(108)111-97)87(79)88(94)89(109-95)91(86)112(98)99/h1-2,4,6,8H,3,5,7,9-18H3. The summed E-state index contributed by atoms with van der Waals surface area (Å²) < 4.78 is 0. The molecule has 0 atom stereocenters. The second-order valence-corrected chi connectivity index (χ2v) is 27.6. The third-order valence-corrected chi connectivity index (χ3v) is 21.4. The summed E-state index contributed by atoms with van der Waals surface area (Å²) in [4.78, 5) is 0. The molecule has 0 saturated carbocycles. The van der Waals surface area contributed by atoms with Crippen molar-refractivity contribution < 1.29 is 0 Å². The van der Waals surface area contributed by atoms with Gasteiger partial charge in [0.05, 0.1) is 66.5 Å². The SMILES string of the molecule is [B][B]B([B])B(B([B])[B])c1c(B(B([B])[B])B([B])[B])c(B([B][B])B([B])[B])c(C)c2c(-c3c4c(C)c(C)c(C)c(C)c4c(-c4c(C#CC#CC#CC#CC#C)c5c(C)c(C#C)c(C#CC)c(C#CC#C)c5c5c(C#CC#CC)c(C#CC#CC#C)c(C#CC#CC#CC)c(C#CC#CC#CC#C)c45)c4c(C)c(C)c(C)c(C)c34)c(B([B])[B])c([B][B])c([B])c12. The van der Waals surface area contributed by atoms with E-state index >= 15 is 0 Å². The maximum atomic E-state index is 7.90. The molecule has 33 radical (unpaired) electrons. The average molecular weight is 1450 g/mol. The van der Waals surface area contributed by atoms with E-state index in [2.05, 4.69) is 233 Å². The van der Waals surface area contributed by atoms with E-state index < -0.39 is 57.9 Å². The van der Waals surface area contributed by atoms with Crippen LogP contribution in [0.3, 0.4) is 0 Å². The molecule has 0 saturated heterocycles. The minimum atomic E-state index is -1.42. The fourth-order valence-electron chi connectivity index (χ4n) is 16.0. The Morgan fingerprint density at radius 2 is 0.625 bits per heavy atom. The number of terminal acetylenes is 5. The van der Waals surface area contributed by atoms with Crippen LogP contribution in [0.1, 0.15) is 121 Å². The van der Waals surface area contributed by atoms with E-state index in [0.717, 1.165) is 44.5 Å². The summed E-state index contributed by atoms with van der Waals surface area (Å²) in [6, 6.07) is 0. The molecule has 497 valence electrons. The third kappa shape index (κ3) is 17.8. The summed E-state index contributed by atoms with van der Waals surface area (Å²) in [5.41, 5.74) is 12.8. The lowest BCUT2D eigenvalue weighted by atomic mass is 8.66. The van der Waals surface area contributed by atoms with E-state index in [0.29, 0.717) is 109 Å². The maximum absolute atomic E-state index is 7.90. The first kappa shape index (κ1) is 93.1. The van der Waals surface area contributed by atoms with Gasteiger partial charge in [-0.25, -0.2) is 0 Å². The quantitative estimate of drug-likeness (QED) is 0.0609. The zero-order valence-corrected chi connectivity index (χ0v) is 69.0. The van der Waals surface area contributed by atoms with Crippen LogP contribution in [0.2, 0.25) is 0 Å². The summed E-state index contributed by atoms with van der Waals surface area (Å²) in [6.45, 7) is 20.2. The van der Waals surface area contributed by atoms with Gasteiger partial charge in [0.2, 0.25) is 0 Å². The van der Waals surface area contributed by atoms with Gasteiger partial charge in [0, 0.05) is 193 Å². The highest BCUT2D eigenvalue weighted by molar-refractivity contribution is 7.89. The molecule has 8 rings (SSSR count). The Bertz CT molecular complexity index is 7160. The van der Waals surface area contributed by atoms with Gasteiger partial charge in [0.1, 0.15) is 7.85 Å². The van der Waals surface area contributed by atoms with Crippen molar-refractivity contribution in [1.29, 1.82) is 0 Å². The van der Waals surface area contributed by atoms with Crippen LogP contribution in [-0.2, 0) is 0 Å². The summed E-state index contributed by atoms with van der Waals surface area (Å²) in [6.07, 6.45) is 23.6. The Morgan fingerprint density at radius 1 is 0.267 bits per heavy atom. The fourth-order valence-corrected chi connectivity index (χ4v) is 16.0. The van der Waals surface area contributed by atoms with E-state index in [1.54, 1.807) is 20.8 Å². The highest BCUT2D eigenvalue weighted by Crippen LogP contribution is 2.56. The summed E-state index contributed by atoms with van der Waals surface area (Å²) in [7, 11) is 111. The number of rotatable bonds is 14. The molecule has 0 aromatic heterocycles. The molecule has 0 fully saturated rings. The van der Waals surface area contributed by atoms with Crippen LogP contribution in [-0.4, -0.2) is 195 Å². The molecular weight excluding hydrogens is 1410 g/mol. The van der Waals surface area contributed by atoms with E-state index in [1.807, 2.05) is 55.4 Å². The monoisotopic (exact) mass is 1460 g/mol.